The van der Waals surface area contributed by atoms with E-state index in [1.54, 1.807) is 0 Å². The zero-order chi connectivity index (χ0) is 12.7. The molecule has 0 aliphatic heterocycles. The second-order valence-corrected chi connectivity index (χ2v) is 4.16. The number of methoxy groups -OCH3 is 1. The van der Waals surface area contributed by atoms with Gasteiger partial charge < -0.3 is 15.4 Å². The first-order valence-electron chi connectivity index (χ1n) is 5.57. The zero-order valence-electron chi connectivity index (χ0n) is 10.7. The SMILES string of the molecule is CC[C@@H](C)[C@H](NC(=O)NC(C)C)C(=O)OC. The first-order chi connectivity index (χ1) is 7.42. The van der Waals surface area contributed by atoms with Crippen molar-refractivity contribution in [3.63, 3.8) is 0 Å². The molecule has 0 aromatic rings. The van der Waals surface area contributed by atoms with Crippen LogP contribution in [-0.2, 0) is 9.53 Å². The summed E-state index contributed by atoms with van der Waals surface area (Å²) in [5.41, 5.74) is 0. The van der Waals surface area contributed by atoms with E-state index in [9.17, 15) is 9.59 Å². The average Bonchev–Trinajstić information content (AvgIpc) is 2.22. The molecule has 94 valence electrons. The minimum atomic E-state index is -0.589. The molecule has 0 spiro atoms. The highest BCUT2D eigenvalue weighted by Gasteiger charge is 2.26. The third kappa shape index (κ3) is 5.00. The molecule has 0 aromatic heterocycles. The molecule has 5 heteroatoms. The third-order valence-electron chi connectivity index (χ3n) is 2.37. The van der Waals surface area contributed by atoms with E-state index < -0.39 is 12.0 Å². The molecule has 2 N–H and O–H groups in total. The minimum Gasteiger partial charge on any atom is -0.467 e. The fraction of sp³-hybridized carbons (Fsp3) is 0.818. The van der Waals surface area contributed by atoms with Gasteiger partial charge in [-0.1, -0.05) is 20.3 Å². The van der Waals surface area contributed by atoms with Gasteiger partial charge in [0.05, 0.1) is 7.11 Å². The first kappa shape index (κ1) is 14.7. The summed E-state index contributed by atoms with van der Waals surface area (Å²) in [6.07, 6.45) is 0.793. The number of rotatable bonds is 5. The molecule has 0 rings (SSSR count). The van der Waals surface area contributed by atoms with Crippen LogP contribution in [0.5, 0.6) is 0 Å². The fourth-order valence-electron chi connectivity index (χ4n) is 1.24. The maximum atomic E-state index is 11.5. The second-order valence-electron chi connectivity index (χ2n) is 4.16. The Morgan fingerprint density at radius 2 is 1.75 bits per heavy atom. The minimum absolute atomic E-state index is 0.0372. The van der Waals surface area contributed by atoms with Crippen molar-refractivity contribution in [2.75, 3.05) is 7.11 Å². The smallest absolute Gasteiger partial charge is 0.328 e. The molecular weight excluding hydrogens is 208 g/mol. The molecule has 0 aliphatic rings. The van der Waals surface area contributed by atoms with Crippen LogP contribution in [0.1, 0.15) is 34.1 Å². The summed E-state index contributed by atoms with van der Waals surface area (Å²) < 4.78 is 4.66. The molecule has 0 saturated carbocycles. The predicted molar refractivity (Wildman–Crippen MR) is 62.1 cm³/mol. The van der Waals surface area contributed by atoms with Crippen molar-refractivity contribution in [3.8, 4) is 0 Å². The quantitative estimate of drug-likeness (QED) is 0.699. The number of hydrogen-bond donors (Lipinski definition) is 2. The van der Waals surface area contributed by atoms with Gasteiger partial charge in [-0.15, -0.1) is 0 Å². The van der Waals surface area contributed by atoms with Crippen LogP contribution in [0.25, 0.3) is 0 Å². The normalized spacial score (nSPS) is 14.1. The van der Waals surface area contributed by atoms with Gasteiger partial charge in [0.2, 0.25) is 0 Å². The molecule has 0 heterocycles. The van der Waals surface area contributed by atoms with Gasteiger partial charge in [0.1, 0.15) is 6.04 Å². The van der Waals surface area contributed by atoms with Gasteiger partial charge in [0.25, 0.3) is 0 Å². The van der Waals surface area contributed by atoms with Crippen LogP contribution < -0.4 is 10.6 Å². The van der Waals surface area contributed by atoms with Gasteiger partial charge in [0, 0.05) is 6.04 Å². The standard InChI is InChI=1S/C11H22N2O3/c1-6-8(4)9(10(14)16-5)13-11(15)12-7(2)3/h7-9H,6H2,1-5H3,(H2,12,13,15)/t8-,9+/m1/s1. The summed E-state index contributed by atoms with van der Waals surface area (Å²) in [6.45, 7) is 7.58. The van der Waals surface area contributed by atoms with E-state index in [4.69, 9.17) is 0 Å². The number of esters is 1. The van der Waals surface area contributed by atoms with Crippen LogP contribution in [-0.4, -0.2) is 31.2 Å². The van der Waals surface area contributed by atoms with Gasteiger partial charge in [-0.25, -0.2) is 9.59 Å². The lowest BCUT2D eigenvalue weighted by Crippen LogP contribution is -2.50. The molecule has 0 aromatic carbocycles. The summed E-state index contributed by atoms with van der Waals surface area (Å²) in [6, 6.07) is -0.894. The average molecular weight is 230 g/mol. The van der Waals surface area contributed by atoms with E-state index in [-0.39, 0.29) is 18.0 Å². The number of carbonyl (C=O) groups excluding carboxylic acids is 2. The van der Waals surface area contributed by atoms with Gasteiger partial charge in [-0.05, 0) is 19.8 Å². The maximum Gasteiger partial charge on any atom is 0.328 e. The van der Waals surface area contributed by atoms with Crippen molar-refractivity contribution >= 4 is 12.0 Å². The number of hydrogen-bond acceptors (Lipinski definition) is 3. The Morgan fingerprint density at radius 3 is 2.12 bits per heavy atom. The van der Waals surface area contributed by atoms with E-state index in [2.05, 4.69) is 15.4 Å². The molecule has 0 radical (unpaired) electrons. The van der Waals surface area contributed by atoms with E-state index in [1.807, 2.05) is 27.7 Å². The van der Waals surface area contributed by atoms with Crippen LogP contribution in [0.15, 0.2) is 0 Å². The number of ether oxygens (including phenoxy) is 1. The lowest BCUT2D eigenvalue weighted by molar-refractivity contribution is -0.144. The second kappa shape index (κ2) is 7.09. The Bertz CT molecular complexity index is 241. The van der Waals surface area contributed by atoms with Crippen LogP contribution >= 0.6 is 0 Å². The van der Waals surface area contributed by atoms with Crippen molar-refractivity contribution in [1.29, 1.82) is 0 Å². The Hall–Kier alpha value is -1.26. The lowest BCUT2D eigenvalue weighted by atomic mass is 9.99. The molecule has 5 nitrogen and oxygen atoms in total. The molecule has 16 heavy (non-hydrogen) atoms. The Labute approximate surface area is 96.9 Å². The largest absolute Gasteiger partial charge is 0.467 e. The zero-order valence-corrected chi connectivity index (χ0v) is 10.7. The van der Waals surface area contributed by atoms with Crippen LogP contribution in [0.4, 0.5) is 4.79 Å². The van der Waals surface area contributed by atoms with Gasteiger partial charge in [-0.2, -0.15) is 0 Å². The molecule has 0 aliphatic carbocycles. The van der Waals surface area contributed by atoms with Crippen molar-refractivity contribution in [3.05, 3.63) is 0 Å². The molecular formula is C11H22N2O3. The summed E-state index contributed by atoms with van der Waals surface area (Å²) in [7, 11) is 1.32. The number of urea groups is 1. The van der Waals surface area contributed by atoms with E-state index >= 15 is 0 Å². The fourth-order valence-corrected chi connectivity index (χ4v) is 1.24. The van der Waals surface area contributed by atoms with Crippen LogP contribution in [0, 0.1) is 5.92 Å². The van der Waals surface area contributed by atoms with E-state index in [0.29, 0.717) is 0 Å². The van der Waals surface area contributed by atoms with Gasteiger partial charge >= 0.3 is 12.0 Å². The highest BCUT2D eigenvalue weighted by Crippen LogP contribution is 2.08. The molecule has 0 saturated heterocycles. The van der Waals surface area contributed by atoms with Gasteiger partial charge in [0.15, 0.2) is 0 Å². The Balaban J connectivity index is 4.43. The van der Waals surface area contributed by atoms with Crippen molar-refractivity contribution in [2.24, 2.45) is 5.92 Å². The van der Waals surface area contributed by atoms with E-state index in [1.165, 1.54) is 7.11 Å². The Kier molecular flexibility index (Phi) is 6.53. The lowest BCUT2D eigenvalue weighted by Gasteiger charge is -2.22. The monoisotopic (exact) mass is 230 g/mol. The number of amides is 2. The molecule has 2 amide bonds. The van der Waals surface area contributed by atoms with Gasteiger partial charge in [-0.3, -0.25) is 0 Å². The molecule has 0 unspecified atom stereocenters. The van der Waals surface area contributed by atoms with Crippen molar-refractivity contribution < 1.29 is 14.3 Å². The molecule has 0 bridgehead atoms. The summed E-state index contributed by atoms with van der Waals surface area (Å²) in [5, 5.41) is 5.30. The van der Waals surface area contributed by atoms with Crippen LogP contribution in [0.3, 0.4) is 0 Å². The van der Waals surface area contributed by atoms with E-state index in [0.717, 1.165) is 6.42 Å². The number of carbonyl (C=O) groups is 2. The summed E-state index contributed by atoms with van der Waals surface area (Å²) in [4.78, 5) is 22.9. The van der Waals surface area contributed by atoms with Crippen LogP contribution in [0.2, 0.25) is 0 Å². The highest BCUT2D eigenvalue weighted by atomic mass is 16.5. The molecule has 0 fully saturated rings. The summed E-state index contributed by atoms with van der Waals surface area (Å²) in [5.74, 6) is -0.362. The maximum absolute atomic E-state index is 11.5. The first-order valence-corrected chi connectivity index (χ1v) is 5.57. The Morgan fingerprint density at radius 1 is 1.19 bits per heavy atom. The van der Waals surface area contributed by atoms with Crippen molar-refractivity contribution in [2.45, 2.75) is 46.2 Å². The number of nitrogens with one attached hydrogen (secondary N) is 2. The summed E-state index contributed by atoms with van der Waals surface area (Å²) >= 11 is 0. The van der Waals surface area contributed by atoms with Crippen molar-refractivity contribution in [1.82, 2.24) is 10.6 Å². The molecule has 2 atom stereocenters. The highest BCUT2D eigenvalue weighted by molar-refractivity contribution is 5.83. The predicted octanol–water partition coefficient (Wildman–Crippen LogP) is 1.28. The topological polar surface area (TPSA) is 67.4 Å². The third-order valence-corrected chi connectivity index (χ3v) is 2.37.